The van der Waals surface area contributed by atoms with E-state index in [1.165, 1.54) is 19.2 Å². The molecule has 3 aromatic carbocycles. The zero-order valence-electron chi connectivity index (χ0n) is 27.4. The summed E-state index contributed by atoms with van der Waals surface area (Å²) in [6, 6.07) is 18.7. The van der Waals surface area contributed by atoms with Gasteiger partial charge in [0.15, 0.2) is 0 Å². The van der Waals surface area contributed by atoms with E-state index >= 15 is 0 Å². The van der Waals surface area contributed by atoms with Crippen molar-refractivity contribution in [1.29, 1.82) is 0 Å². The van der Waals surface area contributed by atoms with Crippen LogP contribution < -0.4 is 20.7 Å². The number of nitrogens with one attached hydrogen (secondary N) is 3. The zero-order chi connectivity index (χ0) is 34.0. The first-order valence-corrected chi connectivity index (χ1v) is 16.2. The van der Waals surface area contributed by atoms with Crippen LogP contribution in [0.5, 0.6) is 5.75 Å². The Kier molecular flexibility index (Phi) is 12.5. The maximum atomic E-state index is 13.1. The van der Waals surface area contributed by atoms with Gasteiger partial charge < -0.3 is 30.0 Å². The summed E-state index contributed by atoms with van der Waals surface area (Å²) in [6.45, 7) is 5.62. The molecule has 0 atom stereocenters. The second-order valence-electron chi connectivity index (χ2n) is 12.6. The molecule has 252 valence electrons. The highest BCUT2D eigenvalue weighted by molar-refractivity contribution is 6.34. The predicted octanol–water partition coefficient (Wildman–Crippen LogP) is 7.25. The maximum absolute atomic E-state index is 13.1. The molecule has 4 rings (SSSR count). The van der Waals surface area contributed by atoms with Crippen molar-refractivity contribution in [3.63, 3.8) is 0 Å². The van der Waals surface area contributed by atoms with E-state index in [2.05, 4.69) is 16.0 Å². The molecule has 10 nitrogen and oxygen atoms in total. The van der Waals surface area contributed by atoms with E-state index in [1.807, 2.05) is 69.3 Å². The maximum Gasteiger partial charge on any atom is 0.411 e. The monoisotopic (exact) mass is 665 g/mol. The van der Waals surface area contributed by atoms with E-state index < -0.39 is 17.8 Å². The Morgan fingerprint density at radius 2 is 1.68 bits per heavy atom. The standard InChI is InChI=1S/C36H44ClN3O7/c1-36(2,3)47-35(44)39-26-13-15-27(16-14-26)46-34(43)40-31-19-23(12-17-28(31)24-10-6-5-7-11-24)9-8-18-38-33(42)29-21-32(45-4)25(22-41)20-30(29)37/h5-7,10-12,17,19-21,26-27,41H,8-9,13-16,18,22H2,1-4H3,(H,38,42)(H,39,44)(H,40,43). The molecule has 4 N–H and O–H groups in total. The molecule has 1 saturated carbocycles. The highest BCUT2D eigenvalue weighted by Gasteiger charge is 2.27. The summed E-state index contributed by atoms with van der Waals surface area (Å²) in [4.78, 5) is 38.0. The van der Waals surface area contributed by atoms with Gasteiger partial charge in [-0.3, -0.25) is 10.1 Å². The van der Waals surface area contributed by atoms with Crippen LogP contribution in [0, 0.1) is 0 Å². The van der Waals surface area contributed by atoms with Crippen LogP contribution in [0.4, 0.5) is 15.3 Å². The number of carbonyl (C=O) groups is 3. The van der Waals surface area contributed by atoms with Crippen molar-refractivity contribution in [2.75, 3.05) is 19.0 Å². The van der Waals surface area contributed by atoms with Crippen molar-refractivity contribution < 1.29 is 33.7 Å². The Hall–Kier alpha value is -4.28. The minimum atomic E-state index is -0.562. The van der Waals surface area contributed by atoms with Gasteiger partial charge in [-0.25, -0.2) is 9.59 Å². The van der Waals surface area contributed by atoms with Crippen molar-refractivity contribution in [3.8, 4) is 16.9 Å². The molecule has 47 heavy (non-hydrogen) atoms. The third-order valence-electron chi connectivity index (χ3n) is 7.79. The van der Waals surface area contributed by atoms with Gasteiger partial charge in [0.05, 0.1) is 30.0 Å². The van der Waals surface area contributed by atoms with E-state index in [0.717, 1.165) is 16.7 Å². The van der Waals surface area contributed by atoms with Crippen molar-refractivity contribution >= 4 is 35.4 Å². The average molecular weight is 666 g/mol. The van der Waals surface area contributed by atoms with E-state index in [0.29, 0.717) is 62.1 Å². The van der Waals surface area contributed by atoms with Gasteiger partial charge in [0.1, 0.15) is 17.5 Å². The van der Waals surface area contributed by atoms with E-state index in [-0.39, 0.29) is 35.2 Å². The summed E-state index contributed by atoms with van der Waals surface area (Å²) in [5.74, 6) is 0.0546. The lowest BCUT2D eigenvalue weighted by molar-refractivity contribution is 0.0440. The number of benzene rings is 3. The van der Waals surface area contributed by atoms with E-state index in [4.69, 9.17) is 25.8 Å². The van der Waals surface area contributed by atoms with Gasteiger partial charge in [-0.1, -0.05) is 54.1 Å². The number of amides is 3. The van der Waals surface area contributed by atoms with Gasteiger partial charge in [0.2, 0.25) is 0 Å². The SMILES string of the molecule is COc1cc(C(=O)NCCCc2ccc(-c3ccccc3)c(NC(=O)OC3CCC(NC(=O)OC(C)(C)C)CC3)c2)c(Cl)cc1CO. The van der Waals surface area contributed by atoms with Gasteiger partial charge in [-0.2, -0.15) is 0 Å². The van der Waals surface area contributed by atoms with Crippen molar-refractivity contribution in [1.82, 2.24) is 10.6 Å². The molecule has 3 aromatic rings. The average Bonchev–Trinajstić information content (AvgIpc) is 3.03. The summed E-state index contributed by atoms with van der Waals surface area (Å²) < 4.78 is 16.4. The summed E-state index contributed by atoms with van der Waals surface area (Å²) >= 11 is 6.28. The number of hydrogen-bond donors (Lipinski definition) is 4. The molecular formula is C36H44ClN3O7. The third-order valence-corrected chi connectivity index (χ3v) is 8.10. The normalized spacial score (nSPS) is 16.1. The number of anilines is 1. The summed E-state index contributed by atoms with van der Waals surface area (Å²) in [6.07, 6.45) is 2.70. The molecule has 0 unspecified atom stereocenters. The molecule has 0 bridgehead atoms. The van der Waals surface area contributed by atoms with Gasteiger partial charge in [0.25, 0.3) is 5.91 Å². The lowest BCUT2D eigenvalue weighted by Crippen LogP contribution is -2.42. The van der Waals surface area contributed by atoms with Crippen LogP contribution in [0.3, 0.4) is 0 Å². The third kappa shape index (κ3) is 10.6. The number of hydrogen-bond acceptors (Lipinski definition) is 7. The molecule has 1 aliphatic carbocycles. The topological polar surface area (TPSA) is 135 Å². The quantitative estimate of drug-likeness (QED) is 0.158. The largest absolute Gasteiger partial charge is 0.496 e. The number of aliphatic hydroxyl groups is 1. The lowest BCUT2D eigenvalue weighted by atomic mass is 9.93. The van der Waals surface area contributed by atoms with Crippen LogP contribution >= 0.6 is 11.6 Å². The Bertz CT molecular complexity index is 1530. The second-order valence-corrected chi connectivity index (χ2v) is 13.0. The first-order valence-electron chi connectivity index (χ1n) is 15.9. The van der Waals surface area contributed by atoms with E-state index in [9.17, 15) is 19.5 Å². The number of rotatable bonds is 11. The van der Waals surface area contributed by atoms with Crippen LogP contribution in [0.15, 0.2) is 60.7 Å². The predicted molar refractivity (Wildman–Crippen MR) is 182 cm³/mol. The molecule has 3 amide bonds. The highest BCUT2D eigenvalue weighted by atomic mass is 35.5. The Morgan fingerprint density at radius 3 is 2.34 bits per heavy atom. The number of aryl methyl sites for hydroxylation is 1. The summed E-state index contributed by atoms with van der Waals surface area (Å²) in [5.41, 5.74) is 3.63. The molecule has 0 spiro atoms. The number of carbonyl (C=O) groups excluding carboxylic acids is 3. The van der Waals surface area contributed by atoms with Crippen LogP contribution in [0.1, 0.15) is 74.4 Å². The molecular weight excluding hydrogens is 622 g/mol. The zero-order valence-corrected chi connectivity index (χ0v) is 28.1. The molecule has 0 aliphatic heterocycles. The Balaban J connectivity index is 1.33. The van der Waals surface area contributed by atoms with Gasteiger partial charge in [-0.15, -0.1) is 0 Å². The molecule has 1 aliphatic rings. The van der Waals surface area contributed by atoms with Gasteiger partial charge in [0, 0.05) is 23.7 Å². The Labute approximate surface area is 281 Å². The smallest absolute Gasteiger partial charge is 0.411 e. The number of aliphatic hydroxyl groups excluding tert-OH is 1. The van der Waals surface area contributed by atoms with Crippen molar-refractivity contribution in [3.05, 3.63) is 82.4 Å². The van der Waals surface area contributed by atoms with Crippen molar-refractivity contribution in [2.45, 2.75) is 83.6 Å². The highest BCUT2D eigenvalue weighted by Crippen LogP contribution is 2.31. The first-order chi connectivity index (χ1) is 22.5. The minimum absolute atomic E-state index is 0.0227. The molecule has 1 fully saturated rings. The number of halogens is 1. The van der Waals surface area contributed by atoms with Crippen molar-refractivity contribution in [2.24, 2.45) is 0 Å². The summed E-state index contributed by atoms with van der Waals surface area (Å²) in [5, 5.41) is 18.5. The lowest BCUT2D eigenvalue weighted by Gasteiger charge is -2.30. The first kappa shape index (κ1) is 35.6. The second kappa shape index (κ2) is 16.5. The number of methoxy groups -OCH3 is 1. The van der Waals surface area contributed by atoms with Crippen LogP contribution in [-0.2, 0) is 22.5 Å². The molecule has 0 aromatic heterocycles. The van der Waals surface area contributed by atoms with Crippen LogP contribution in [-0.4, -0.2) is 54.6 Å². The van der Waals surface area contributed by atoms with Crippen LogP contribution in [0.25, 0.3) is 11.1 Å². The fourth-order valence-electron chi connectivity index (χ4n) is 5.48. The van der Waals surface area contributed by atoms with Gasteiger partial charge in [-0.05, 0) is 88.6 Å². The molecule has 0 radical (unpaired) electrons. The fraction of sp³-hybridized carbons (Fsp3) is 0.417. The van der Waals surface area contributed by atoms with Gasteiger partial charge >= 0.3 is 12.2 Å². The molecule has 0 heterocycles. The Morgan fingerprint density at radius 1 is 0.957 bits per heavy atom. The summed E-state index contributed by atoms with van der Waals surface area (Å²) in [7, 11) is 1.47. The number of ether oxygens (including phenoxy) is 3. The van der Waals surface area contributed by atoms with E-state index in [1.54, 1.807) is 0 Å². The molecule has 0 saturated heterocycles. The molecule has 11 heteroatoms. The number of alkyl carbamates (subject to hydrolysis) is 1. The van der Waals surface area contributed by atoms with Crippen LogP contribution in [0.2, 0.25) is 5.02 Å². The minimum Gasteiger partial charge on any atom is -0.496 e. The fourth-order valence-corrected chi connectivity index (χ4v) is 5.75.